The molecule has 1 unspecified atom stereocenters. The molecule has 0 N–H and O–H groups in total. The second kappa shape index (κ2) is 5.04. The number of ether oxygens (including phenoxy) is 1. The van der Waals surface area contributed by atoms with E-state index in [-0.39, 0.29) is 17.9 Å². The molecule has 1 aromatic rings. The van der Waals surface area contributed by atoms with Gasteiger partial charge < -0.3 is 9.15 Å². The van der Waals surface area contributed by atoms with Gasteiger partial charge in [0.1, 0.15) is 17.6 Å². The smallest absolute Gasteiger partial charge is 0.333 e. The van der Waals surface area contributed by atoms with E-state index in [4.69, 9.17) is 9.15 Å². The second-order valence-corrected chi connectivity index (χ2v) is 4.29. The van der Waals surface area contributed by atoms with Crippen molar-refractivity contribution in [3.8, 4) is 0 Å². The summed E-state index contributed by atoms with van der Waals surface area (Å²) in [6.45, 7) is 5.10. The van der Waals surface area contributed by atoms with Gasteiger partial charge in [-0.1, -0.05) is 6.58 Å². The standard InChI is InChI=1S/C14H14O4/c1-9-7-13(18-14(9)16)8-12-6-5-11(17-12)4-3-10(2)15/h3-6,13H,1,7-8H2,2H3/b4-3+. The van der Waals surface area contributed by atoms with Crippen molar-refractivity contribution in [3.63, 3.8) is 0 Å². The first kappa shape index (κ1) is 12.4. The van der Waals surface area contributed by atoms with Gasteiger partial charge >= 0.3 is 5.97 Å². The van der Waals surface area contributed by atoms with Crippen LogP contribution in [0.25, 0.3) is 6.08 Å². The van der Waals surface area contributed by atoms with Crippen LogP contribution in [0.15, 0.2) is 34.8 Å². The van der Waals surface area contributed by atoms with Gasteiger partial charge in [0.15, 0.2) is 5.78 Å². The molecule has 0 aromatic carbocycles. The molecule has 94 valence electrons. The third kappa shape index (κ3) is 2.97. The summed E-state index contributed by atoms with van der Waals surface area (Å²) < 4.78 is 10.6. The Kier molecular flexibility index (Phi) is 3.46. The molecule has 0 radical (unpaired) electrons. The van der Waals surface area contributed by atoms with Crippen molar-refractivity contribution in [3.05, 3.63) is 41.9 Å². The zero-order valence-corrected chi connectivity index (χ0v) is 10.1. The minimum Gasteiger partial charge on any atom is -0.462 e. The van der Waals surface area contributed by atoms with Gasteiger partial charge in [0.05, 0.1) is 0 Å². The molecule has 0 aliphatic carbocycles. The molecule has 1 fully saturated rings. The van der Waals surface area contributed by atoms with Gasteiger partial charge in [-0.3, -0.25) is 4.79 Å². The van der Waals surface area contributed by atoms with Crippen molar-refractivity contribution < 1.29 is 18.7 Å². The van der Waals surface area contributed by atoms with Crippen molar-refractivity contribution in [2.24, 2.45) is 0 Å². The molecule has 2 rings (SSSR count). The monoisotopic (exact) mass is 246 g/mol. The summed E-state index contributed by atoms with van der Waals surface area (Å²) in [6, 6.07) is 3.59. The average molecular weight is 246 g/mol. The third-order valence-electron chi connectivity index (χ3n) is 2.63. The van der Waals surface area contributed by atoms with E-state index in [1.165, 1.54) is 13.0 Å². The van der Waals surface area contributed by atoms with Gasteiger partial charge in [-0.25, -0.2) is 4.79 Å². The van der Waals surface area contributed by atoms with Crippen LogP contribution >= 0.6 is 0 Å². The summed E-state index contributed by atoms with van der Waals surface area (Å²) in [4.78, 5) is 21.9. The lowest BCUT2D eigenvalue weighted by Crippen LogP contribution is -2.09. The van der Waals surface area contributed by atoms with Crippen molar-refractivity contribution in [2.45, 2.75) is 25.9 Å². The van der Waals surface area contributed by atoms with Gasteiger partial charge in [0.25, 0.3) is 0 Å². The van der Waals surface area contributed by atoms with Crippen LogP contribution in [0.3, 0.4) is 0 Å². The van der Waals surface area contributed by atoms with Gasteiger partial charge in [-0.2, -0.15) is 0 Å². The first-order chi connectivity index (χ1) is 8.54. The summed E-state index contributed by atoms with van der Waals surface area (Å²) in [5, 5.41) is 0. The highest BCUT2D eigenvalue weighted by Crippen LogP contribution is 2.23. The molecule has 4 nitrogen and oxygen atoms in total. The average Bonchev–Trinajstić information content (AvgIpc) is 2.85. The van der Waals surface area contributed by atoms with Crippen LogP contribution < -0.4 is 0 Å². The van der Waals surface area contributed by atoms with Crippen LogP contribution in [-0.2, 0) is 20.7 Å². The normalized spacial score (nSPS) is 19.5. The summed E-state index contributed by atoms with van der Waals surface area (Å²) in [5.41, 5.74) is 0.503. The van der Waals surface area contributed by atoms with E-state index < -0.39 is 0 Å². The number of esters is 1. The number of ketones is 1. The highest BCUT2D eigenvalue weighted by Gasteiger charge is 2.28. The topological polar surface area (TPSA) is 56.5 Å². The number of rotatable bonds is 4. The zero-order chi connectivity index (χ0) is 13.1. The minimum absolute atomic E-state index is 0.0334. The molecule has 4 heteroatoms. The predicted octanol–water partition coefficient (Wildman–Crippen LogP) is 2.30. The van der Waals surface area contributed by atoms with Crippen molar-refractivity contribution in [1.82, 2.24) is 0 Å². The number of carbonyl (C=O) groups excluding carboxylic acids is 2. The van der Waals surface area contributed by atoms with Crippen molar-refractivity contribution >= 4 is 17.8 Å². The highest BCUT2D eigenvalue weighted by atomic mass is 16.5. The molecule has 0 bridgehead atoms. The van der Waals surface area contributed by atoms with Crippen LogP contribution in [0.4, 0.5) is 0 Å². The fourth-order valence-corrected chi connectivity index (χ4v) is 1.77. The van der Waals surface area contributed by atoms with E-state index in [9.17, 15) is 9.59 Å². The molecule has 0 saturated carbocycles. The largest absolute Gasteiger partial charge is 0.462 e. The first-order valence-electron chi connectivity index (χ1n) is 5.70. The Labute approximate surface area is 105 Å². The Morgan fingerprint density at radius 1 is 1.56 bits per heavy atom. The van der Waals surface area contributed by atoms with Crippen molar-refractivity contribution in [1.29, 1.82) is 0 Å². The number of hydrogen-bond donors (Lipinski definition) is 0. The molecule has 0 amide bonds. The van der Waals surface area contributed by atoms with E-state index in [2.05, 4.69) is 6.58 Å². The summed E-state index contributed by atoms with van der Waals surface area (Å²) >= 11 is 0. The third-order valence-corrected chi connectivity index (χ3v) is 2.63. The lowest BCUT2D eigenvalue weighted by atomic mass is 10.1. The van der Waals surface area contributed by atoms with Crippen LogP contribution in [-0.4, -0.2) is 17.9 Å². The molecule has 2 heterocycles. The molecule has 1 saturated heterocycles. The minimum atomic E-state index is -0.330. The maximum Gasteiger partial charge on any atom is 0.333 e. The number of cyclic esters (lactones) is 1. The molecular weight excluding hydrogens is 232 g/mol. The fourth-order valence-electron chi connectivity index (χ4n) is 1.77. The summed E-state index contributed by atoms with van der Waals surface area (Å²) in [7, 11) is 0. The number of carbonyl (C=O) groups is 2. The van der Waals surface area contributed by atoms with E-state index in [0.717, 1.165) is 5.76 Å². The van der Waals surface area contributed by atoms with Crippen LogP contribution in [0.2, 0.25) is 0 Å². The number of furan rings is 1. The van der Waals surface area contributed by atoms with E-state index in [1.54, 1.807) is 12.1 Å². The van der Waals surface area contributed by atoms with Crippen LogP contribution in [0, 0.1) is 0 Å². The van der Waals surface area contributed by atoms with E-state index in [1.807, 2.05) is 6.07 Å². The van der Waals surface area contributed by atoms with Crippen molar-refractivity contribution in [2.75, 3.05) is 0 Å². The second-order valence-electron chi connectivity index (χ2n) is 4.29. The SMILES string of the molecule is C=C1CC(Cc2ccc(/C=C/C(C)=O)o2)OC1=O. The molecule has 1 aromatic heterocycles. The Hall–Kier alpha value is -2.10. The maximum atomic E-state index is 11.2. The Morgan fingerprint density at radius 3 is 2.94 bits per heavy atom. The number of hydrogen-bond acceptors (Lipinski definition) is 4. The molecule has 0 spiro atoms. The van der Waals surface area contributed by atoms with Gasteiger partial charge in [-0.05, 0) is 31.2 Å². The first-order valence-corrected chi connectivity index (χ1v) is 5.70. The molecule has 18 heavy (non-hydrogen) atoms. The molecule has 1 atom stereocenters. The Balaban J connectivity index is 1.97. The highest BCUT2D eigenvalue weighted by molar-refractivity contribution is 5.91. The molecule has 1 aliphatic rings. The van der Waals surface area contributed by atoms with Gasteiger partial charge in [0, 0.05) is 18.4 Å². The Bertz CT molecular complexity index is 506. The number of allylic oxidation sites excluding steroid dienone is 1. The summed E-state index contributed by atoms with van der Waals surface area (Å²) in [5.74, 6) is 0.978. The van der Waals surface area contributed by atoms with E-state index >= 15 is 0 Å². The van der Waals surface area contributed by atoms with Gasteiger partial charge in [0.2, 0.25) is 0 Å². The lowest BCUT2D eigenvalue weighted by molar-refractivity contribution is -0.138. The summed E-state index contributed by atoms with van der Waals surface area (Å²) in [6.07, 6.45) is 3.93. The Morgan fingerprint density at radius 2 is 2.33 bits per heavy atom. The van der Waals surface area contributed by atoms with Crippen LogP contribution in [0.5, 0.6) is 0 Å². The van der Waals surface area contributed by atoms with Gasteiger partial charge in [-0.15, -0.1) is 0 Å². The lowest BCUT2D eigenvalue weighted by Gasteiger charge is -2.05. The molecule has 1 aliphatic heterocycles. The zero-order valence-electron chi connectivity index (χ0n) is 10.1. The fraction of sp³-hybridized carbons (Fsp3) is 0.286. The maximum absolute atomic E-state index is 11.2. The molecular formula is C14H14O4. The quantitative estimate of drug-likeness (QED) is 0.604. The van der Waals surface area contributed by atoms with Crippen LogP contribution in [0.1, 0.15) is 24.9 Å². The predicted molar refractivity (Wildman–Crippen MR) is 65.8 cm³/mol. The van der Waals surface area contributed by atoms with E-state index in [0.29, 0.717) is 24.2 Å².